The highest BCUT2D eigenvalue weighted by Gasteiger charge is 2.23. The first-order chi connectivity index (χ1) is 8.90. The summed E-state index contributed by atoms with van der Waals surface area (Å²) in [6, 6.07) is 7.18. The monoisotopic (exact) mass is 327 g/mol. The van der Waals surface area contributed by atoms with E-state index in [9.17, 15) is 14.4 Å². The van der Waals surface area contributed by atoms with Gasteiger partial charge in [0, 0.05) is 17.4 Å². The van der Waals surface area contributed by atoms with Crippen LogP contribution in [0, 0.1) is 5.92 Å². The number of halogens is 1. The van der Waals surface area contributed by atoms with Gasteiger partial charge in [-0.15, -0.1) is 0 Å². The Hall–Kier alpha value is -1.69. The molecule has 6 heteroatoms. The number of carbonyl (C=O) groups excluding carboxylic acids is 2. The van der Waals surface area contributed by atoms with Gasteiger partial charge in [-0.25, -0.2) is 4.79 Å². The first kappa shape index (κ1) is 15.4. The van der Waals surface area contributed by atoms with E-state index in [-0.39, 0.29) is 24.5 Å². The van der Waals surface area contributed by atoms with Crippen LogP contribution in [0.5, 0.6) is 0 Å². The largest absolute Gasteiger partial charge is 0.465 e. The van der Waals surface area contributed by atoms with Gasteiger partial charge in [-0.05, 0) is 24.6 Å². The SMILES string of the molecule is CC(=O)C(CNC(=O)O)C(=O)Cc1ccc(Br)cc1. The van der Waals surface area contributed by atoms with E-state index in [1.807, 2.05) is 0 Å². The molecule has 0 saturated carbocycles. The summed E-state index contributed by atoms with van der Waals surface area (Å²) < 4.78 is 0.902. The van der Waals surface area contributed by atoms with Crippen LogP contribution >= 0.6 is 15.9 Å². The minimum absolute atomic E-state index is 0.110. The van der Waals surface area contributed by atoms with Gasteiger partial charge in [0.1, 0.15) is 11.6 Å². The third-order valence-electron chi connectivity index (χ3n) is 2.63. The average Bonchev–Trinajstić information content (AvgIpc) is 2.31. The van der Waals surface area contributed by atoms with Crippen molar-refractivity contribution in [2.24, 2.45) is 5.92 Å². The van der Waals surface area contributed by atoms with E-state index in [0.29, 0.717) is 0 Å². The van der Waals surface area contributed by atoms with Crippen LogP contribution in [0.4, 0.5) is 4.79 Å². The van der Waals surface area contributed by atoms with E-state index in [4.69, 9.17) is 5.11 Å². The molecule has 1 unspecified atom stereocenters. The van der Waals surface area contributed by atoms with E-state index in [2.05, 4.69) is 21.2 Å². The van der Waals surface area contributed by atoms with Gasteiger partial charge in [0.05, 0.1) is 5.92 Å². The summed E-state index contributed by atoms with van der Waals surface area (Å²) in [5.41, 5.74) is 0.787. The van der Waals surface area contributed by atoms with Crippen molar-refractivity contribution in [3.05, 3.63) is 34.3 Å². The maximum Gasteiger partial charge on any atom is 0.404 e. The summed E-state index contributed by atoms with van der Waals surface area (Å²) in [5, 5.41) is 10.6. The maximum absolute atomic E-state index is 12.0. The Bertz CT molecular complexity index is 484. The molecule has 0 saturated heterocycles. The Kier molecular flexibility index (Phi) is 5.69. The molecule has 0 aliphatic heterocycles. The number of nitrogens with one attached hydrogen (secondary N) is 1. The molecule has 102 valence electrons. The van der Waals surface area contributed by atoms with Gasteiger partial charge in [-0.2, -0.15) is 0 Å². The van der Waals surface area contributed by atoms with E-state index in [0.717, 1.165) is 10.0 Å². The van der Waals surface area contributed by atoms with Crippen molar-refractivity contribution in [3.8, 4) is 0 Å². The minimum atomic E-state index is -1.25. The van der Waals surface area contributed by atoms with Crippen molar-refractivity contribution < 1.29 is 19.5 Å². The molecular weight excluding hydrogens is 314 g/mol. The number of hydrogen-bond donors (Lipinski definition) is 2. The van der Waals surface area contributed by atoms with Crippen LogP contribution in [-0.4, -0.2) is 29.3 Å². The second-order valence-corrected chi connectivity index (χ2v) is 5.03. The number of ketones is 2. The van der Waals surface area contributed by atoms with E-state index >= 15 is 0 Å². The highest BCUT2D eigenvalue weighted by atomic mass is 79.9. The van der Waals surface area contributed by atoms with Crippen molar-refractivity contribution in [2.45, 2.75) is 13.3 Å². The van der Waals surface area contributed by atoms with Gasteiger partial charge in [0.2, 0.25) is 0 Å². The zero-order valence-corrected chi connectivity index (χ0v) is 11.9. The molecule has 2 N–H and O–H groups in total. The molecule has 0 aliphatic carbocycles. The number of Topliss-reactive ketones (excluding diaryl/α,β-unsaturated/α-hetero) is 2. The Morgan fingerprint density at radius 2 is 1.84 bits per heavy atom. The molecule has 19 heavy (non-hydrogen) atoms. The van der Waals surface area contributed by atoms with Gasteiger partial charge in [0.25, 0.3) is 0 Å². The zero-order valence-electron chi connectivity index (χ0n) is 10.4. The van der Waals surface area contributed by atoms with Crippen LogP contribution in [0.1, 0.15) is 12.5 Å². The van der Waals surface area contributed by atoms with Crippen LogP contribution in [0.25, 0.3) is 0 Å². The van der Waals surface area contributed by atoms with Gasteiger partial charge in [0.15, 0.2) is 0 Å². The Morgan fingerprint density at radius 3 is 2.32 bits per heavy atom. The zero-order chi connectivity index (χ0) is 14.4. The number of carboxylic acid groups (broad SMARTS) is 1. The minimum Gasteiger partial charge on any atom is -0.465 e. The van der Waals surface area contributed by atoms with E-state index < -0.39 is 12.0 Å². The molecule has 1 aromatic carbocycles. The molecule has 0 aliphatic rings. The molecule has 0 spiro atoms. The number of amides is 1. The first-order valence-electron chi connectivity index (χ1n) is 5.64. The highest BCUT2D eigenvalue weighted by Crippen LogP contribution is 2.13. The van der Waals surface area contributed by atoms with Gasteiger partial charge < -0.3 is 10.4 Å². The molecule has 0 bridgehead atoms. The molecule has 0 aromatic heterocycles. The molecule has 1 aromatic rings. The van der Waals surface area contributed by atoms with Crippen molar-refractivity contribution in [1.29, 1.82) is 0 Å². The molecule has 1 amide bonds. The Labute approximate surface area is 119 Å². The first-order valence-corrected chi connectivity index (χ1v) is 6.44. The van der Waals surface area contributed by atoms with Crippen LogP contribution in [0.3, 0.4) is 0 Å². The van der Waals surface area contributed by atoms with Crippen molar-refractivity contribution >= 4 is 33.6 Å². The summed E-state index contributed by atoms with van der Waals surface area (Å²) in [4.78, 5) is 33.8. The molecule has 0 heterocycles. The van der Waals surface area contributed by atoms with Gasteiger partial charge >= 0.3 is 6.09 Å². The quantitative estimate of drug-likeness (QED) is 0.783. The lowest BCUT2D eigenvalue weighted by Crippen LogP contribution is -2.36. The topological polar surface area (TPSA) is 83.5 Å². The molecule has 0 fully saturated rings. The van der Waals surface area contributed by atoms with Crippen LogP contribution < -0.4 is 5.32 Å². The lowest BCUT2D eigenvalue weighted by atomic mass is 9.94. The molecular formula is C13H14BrNO4. The van der Waals surface area contributed by atoms with Gasteiger partial charge in [-0.3, -0.25) is 9.59 Å². The fourth-order valence-corrected chi connectivity index (χ4v) is 1.86. The van der Waals surface area contributed by atoms with Gasteiger partial charge in [-0.1, -0.05) is 28.1 Å². The fraction of sp³-hybridized carbons (Fsp3) is 0.308. The van der Waals surface area contributed by atoms with Crippen molar-refractivity contribution in [2.75, 3.05) is 6.54 Å². The number of hydrogen-bond acceptors (Lipinski definition) is 3. The predicted molar refractivity (Wildman–Crippen MR) is 73.1 cm³/mol. The molecule has 5 nitrogen and oxygen atoms in total. The third-order valence-corrected chi connectivity index (χ3v) is 3.16. The second-order valence-electron chi connectivity index (χ2n) is 4.12. The van der Waals surface area contributed by atoms with E-state index in [1.165, 1.54) is 6.92 Å². The summed E-state index contributed by atoms with van der Waals surface area (Å²) in [6.07, 6.45) is -1.14. The van der Waals surface area contributed by atoms with Crippen molar-refractivity contribution in [3.63, 3.8) is 0 Å². The average molecular weight is 328 g/mol. The lowest BCUT2D eigenvalue weighted by Gasteiger charge is -2.12. The lowest BCUT2D eigenvalue weighted by molar-refractivity contribution is -0.130. The van der Waals surface area contributed by atoms with Crippen LogP contribution in [0.2, 0.25) is 0 Å². The van der Waals surface area contributed by atoms with Crippen molar-refractivity contribution in [1.82, 2.24) is 5.32 Å². The Balaban J connectivity index is 2.69. The molecule has 0 radical (unpaired) electrons. The standard InChI is InChI=1S/C13H14BrNO4/c1-8(16)11(7-15-13(18)19)12(17)6-9-2-4-10(14)5-3-9/h2-5,11,15H,6-7H2,1H3,(H,18,19). The number of benzene rings is 1. The highest BCUT2D eigenvalue weighted by molar-refractivity contribution is 9.10. The second kappa shape index (κ2) is 7.04. The summed E-state index contributed by atoms with van der Waals surface area (Å²) in [5.74, 6) is -1.56. The van der Waals surface area contributed by atoms with Crippen LogP contribution in [-0.2, 0) is 16.0 Å². The normalized spacial score (nSPS) is 11.7. The predicted octanol–water partition coefficient (Wildman–Crippen LogP) is 2.03. The maximum atomic E-state index is 12.0. The van der Waals surface area contributed by atoms with Crippen LogP contribution in [0.15, 0.2) is 28.7 Å². The summed E-state index contributed by atoms with van der Waals surface area (Å²) in [7, 11) is 0. The fourth-order valence-electron chi connectivity index (χ4n) is 1.60. The molecule has 1 atom stereocenters. The number of carbonyl (C=O) groups is 3. The molecule has 1 rings (SSSR count). The van der Waals surface area contributed by atoms with E-state index in [1.54, 1.807) is 24.3 Å². The third kappa shape index (κ3) is 5.21. The number of rotatable bonds is 6. The Morgan fingerprint density at radius 1 is 1.26 bits per heavy atom. The smallest absolute Gasteiger partial charge is 0.404 e. The summed E-state index contributed by atoms with van der Waals surface area (Å²) >= 11 is 3.29. The summed E-state index contributed by atoms with van der Waals surface area (Å²) in [6.45, 7) is 1.10.